The summed E-state index contributed by atoms with van der Waals surface area (Å²) in [5.74, 6) is -0.811. The number of sulfone groups is 1. The molecule has 0 aliphatic heterocycles. The molecule has 0 radical (unpaired) electrons. The van der Waals surface area contributed by atoms with Gasteiger partial charge in [0.05, 0.1) is 22.2 Å². The first-order chi connectivity index (χ1) is 17.0. The van der Waals surface area contributed by atoms with Crippen molar-refractivity contribution in [2.45, 2.75) is 24.8 Å². The number of nitriles is 1. The summed E-state index contributed by atoms with van der Waals surface area (Å²) in [5, 5.41) is 12.3. The minimum Gasteiger partial charge on any atom is -0.383 e. The van der Waals surface area contributed by atoms with Crippen molar-refractivity contribution in [2.24, 2.45) is 0 Å². The van der Waals surface area contributed by atoms with Crippen molar-refractivity contribution in [3.63, 3.8) is 0 Å². The van der Waals surface area contributed by atoms with E-state index in [1.165, 1.54) is 18.3 Å². The van der Waals surface area contributed by atoms with Gasteiger partial charge >= 0.3 is 0 Å². The summed E-state index contributed by atoms with van der Waals surface area (Å²) in [6.07, 6.45) is 3.73. The van der Waals surface area contributed by atoms with Crippen LogP contribution in [-0.2, 0) is 22.8 Å². The van der Waals surface area contributed by atoms with Gasteiger partial charge in [0.2, 0.25) is 0 Å². The highest BCUT2D eigenvalue weighted by molar-refractivity contribution is 7.91. The van der Waals surface area contributed by atoms with E-state index in [1.54, 1.807) is 31.2 Å². The number of aromatic nitrogens is 3. The molecule has 1 amide bonds. The maximum absolute atomic E-state index is 13.8. The zero-order valence-corrected chi connectivity index (χ0v) is 20.2. The van der Waals surface area contributed by atoms with Crippen molar-refractivity contribution in [1.82, 2.24) is 20.3 Å². The lowest BCUT2D eigenvalue weighted by molar-refractivity contribution is 0.0950. The molecule has 3 heterocycles. The Morgan fingerprint density at radius 3 is 2.69 bits per heavy atom. The van der Waals surface area contributed by atoms with Crippen LogP contribution in [0, 0.1) is 24.1 Å². The second kappa shape index (κ2) is 9.67. The normalized spacial score (nSPS) is 11.3. The molecule has 4 aromatic rings. The van der Waals surface area contributed by atoms with Crippen LogP contribution in [0.5, 0.6) is 0 Å². The Hall–Kier alpha value is -4.43. The van der Waals surface area contributed by atoms with Gasteiger partial charge in [-0.05, 0) is 54.4 Å². The number of nitrogens with one attached hydrogen (secondary N) is 1. The Balaban J connectivity index is 1.58. The van der Waals surface area contributed by atoms with Crippen molar-refractivity contribution in [3.05, 3.63) is 88.3 Å². The van der Waals surface area contributed by atoms with Crippen molar-refractivity contribution < 1.29 is 17.6 Å². The Labute approximate surface area is 206 Å². The quantitative estimate of drug-likeness (QED) is 0.407. The number of nitrogen functional groups attached to an aromatic ring is 1. The van der Waals surface area contributed by atoms with Crippen LogP contribution in [-0.4, -0.2) is 35.5 Å². The first kappa shape index (κ1) is 24.7. The molecule has 0 saturated carbocycles. The van der Waals surface area contributed by atoms with Gasteiger partial charge < -0.3 is 11.1 Å². The lowest BCUT2D eigenvalue weighted by atomic mass is 10.0. The van der Waals surface area contributed by atoms with Crippen LogP contribution < -0.4 is 11.1 Å². The second-order valence-corrected chi connectivity index (χ2v) is 10.2. The van der Waals surface area contributed by atoms with Crippen molar-refractivity contribution in [3.8, 4) is 6.07 Å². The zero-order valence-electron chi connectivity index (χ0n) is 19.4. The number of anilines is 1. The van der Waals surface area contributed by atoms with Gasteiger partial charge in [0, 0.05) is 47.8 Å². The number of amides is 1. The first-order valence-electron chi connectivity index (χ1n) is 10.7. The third-order valence-electron chi connectivity index (χ3n) is 5.55. The number of rotatable bonds is 6. The topological polar surface area (TPSA) is 152 Å². The number of carbonyl (C=O) groups is 1. The highest BCUT2D eigenvalue weighted by Gasteiger charge is 2.17. The van der Waals surface area contributed by atoms with Crippen molar-refractivity contribution in [1.29, 1.82) is 5.26 Å². The molecule has 11 heteroatoms. The summed E-state index contributed by atoms with van der Waals surface area (Å²) >= 11 is 0. The number of hydrogen-bond donors (Lipinski definition) is 2. The zero-order chi connectivity index (χ0) is 26.0. The fourth-order valence-corrected chi connectivity index (χ4v) is 4.66. The van der Waals surface area contributed by atoms with Crippen LogP contribution in [0.15, 0.2) is 53.7 Å². The van der Waals surface area contributed by atoms with E-state index in [1.807, 2.05) is 6.07 Å². The summed E-state index contributed by atoms with van der Waals surface area (Å²) < 4.78 is 38.4. The first-order valence-corrected chi connectivity index (χ1v) is 12.6. The van der Waals surface area contributed by atoms with E-state index in [4.69, 9.17) is 11.0 Å². The predicted octanol–water partition coefficient (Wildman–Crippen LogP) is 2.85. The summed E-state index contributed by atoms with van der Waals surface area (Å²) in [7, 11) is -3.63. The van der Waals surface area contributed by atoms with Crippen LogP contribution in [0.1, 0.15) is 38.4 Å². The molecule has 0 aliphatic rings. The van der Waals surface area contributed by atoms with Crippen LogP contribution >= 0.6 is 0 Å². The third-order valence-corrected chi connectivity index (χ3v) is 6.66. The third kappa shape index (κ3) is 5.29. The Bertz CT molecular complexity index is 1660. The number of benzene rings is 1. The molecule has 36 heavy (non-hydrogen) atoms. The SMILES string of the molecule is Cc1nc(N)c(C#N)cc1CNC(=O)c1ccnc(Cc2cc(S(C)(=O)=O)c3ncc(F)cc3c2)c1. The molecule has 0 spiro atoms. The molecule has 182 valence electrons. The highest BCUT2D eigenvalue weighted by atomic mass is 32.2. The van der Waals surface area contributed by atoms with Crippen molar-refractivity contribution >= 4 is 32.5 Å². The lowest BCUT2D eigenvalue weighted by Gasteiger charge is -2.11. The second-order valence-electron chi connectivity index (χ2n) is 8.26. The van der Waals surface area contributed by atoms with Gasteiger partial charge in [0.25, 0.3) is 5.91 Å². The standard InChI is InChI=1S/C25H21FN6O3S/c1-14-19(8-18(11-27)24(28)32-14)12-31-25(33)16-3-4-29-21(10-16)6-15-5-17-9-20(26)13-30-23(17)22(7-15)36(2,34)35/h3-5,7-10,13H,6,12H2,1-2H3,(H2,28,32)(H,31,33). The minimum atomic E-state index is -3.63. The smallest absolute Gasteiger partial charge is 0.251 e. The van der Waals surface area contributed by atoms with Gasteiger partial charge in [-0.3, -0.25) is 14.8 Å². The number of hydrogen-bond acceptors (Lipinski definition) is 8. The largest absolute Gasteiger partial charge is 0.383 e. The molecule has 0 fully saturated rings. The molecule has 0 atom stereocenters. The summed E-state index contributed by atoms with van der Waals surface area (Å²) in [6.45, 7) is 1.88. The average molecular weight is 505 g/mol. The molecule has 3 aromatic heterocycles. The number of carbonyl (C=O) groups excluding carboxylic acids is 1. The molecule has 9 nitrogen and oxygen atoms in total. The summed E-state index contributed by atoms with van der Waals surface area (Å²) in [4.78, 5) is 25.1. The van der Waals surface area contributed by atoms with E-state index in [9.17, 15) is 17.6 Å². The van der Waals surface area contributed by atoms with Gasteiger partial charge in [-0.2, -0.15) is 5.26 Å². The molecule has 0 saturated heterocycles. The van der Waals surface area contributed by atoms with Crippen LogP contribution in [0.3, 0.4) is 0 Å². The van der Waals surface area contributed by atoms with Gasteiger partial charge in [-0.25, -0.2) is 17.8 Å². The number of nitrogens with two attached hydrogens (primary N) is 1. The van der Waals surface area contributed by atoms with Gasteiger partial charge in [-0.1, -0.05) is 0 Å². The number of pyridine rings is 3. The molecule has 3 N–H and O–H groups in total. The molecule has 0 bridgehead atoms. The summed E-state index contributed by atoms with van der Waals surface area (Å²) in [5.41, 5.74) is 8.84. The Morgan fingerprint density at radius 2 is 1.97 bits per heavy atom. The fourth-order valence-electron chi connectivity index (χ4n) is 3.77. The maximum atomic E-state index is 13.8. The van der Waals surface area contributed by atoms with E-state index in [0.29, 0.717) is 33.5 Å². The van der Waals surface area contributed by atoms with Crippen LogP contribution in [0.2, 0.25) is 0 Å². The number of halogens is 1. The lowest BCUT2D eigenvalue weighted by Crippen LogP contribution is -2.24. The van der Waals surface area contributed by atoms with E-state index in [0.717, 1.165) is 12.5 Å². The van der Waals surface area contributed by atoms with Crippen molar-refractivity contribution in [2.75, 3.05) is 12.0 Å². The molecule has 0 unspecified atom stereocenters. The Morgan fingerprint density at radius 1 is 1.19 bits per heavy atom. The molecule has 1 aromatic carbocycles. The predicted molar refractivity (Wildman–Crippen MR) is 131 cm³/mol. The molecular weight excluding hydrogens is 483 g/mol. The monoisotopic (exact) mass is 504 g/mol. The molecule has 0 aliphatic carbocycles. The summed E-state index contributed by atoms with van der Waals surface area (Å²) in [6, 6.07) is 11.1. The van der Waals surface area contributed by atoms with Gasteiger partial charge in [0.15, 0.2) is 9.84 Å². The fraction of sp³-hybridized carbons (Fsp3) is 0.160. The molecule has 4 rings (SSSR count). The minimum absolute atomic E-state index is 0.00638. The van der Waals surface area contributed by atoms with Gasteiger partial charge in [0.1, 0.15) is 17.7 Å². The van der Waals surface area contributed by atoms with E-state index in [-0.39, 0.29) is 40.7 Å². The number of aryl methyl sites for hydroxylation is 1. The number of nitrogens with zero attached hydrogens (tertiary/aromatic N) is 4. The number of fused-ring (bicyclic) bond motifs is 1. The van der Waals surface area contributed by atoms with E-state index in [2.05, 4.69) is 20.3 Å². The average Bonchev–Trinajstić information content (AvgIpc) is 2.82. The maximum Gasteiger partial charge on any atom is 0.251 e. The van der Waals surface area contributed by atoms with E-state index < -0.39 is 15.7 Å². The Kier molecular flexibility index (Phi) is 6.63. The van der Waals surface area contributed by atoms with Gasteiger partial charge in [-0.15, -0.1) is 0 Å². The highest BCUT2D eigenvalue weighted by Crippen LogP contribution is 2.25. The van der Waals surface area contributed by atoms with Crippen LogP contribution in [0.25, 0.3) is 10.9 Å². The van der Waals surface area contributed by atoms with E-state index >= 15 is 0 Å². The van der Waals surface area contributed by atoms with Crippen LogP contribution in [0.4, 0.5) is 10.2 Å². The molecular formula is C25H21FN6O3S.